The Labute approximate surface area is 92.3 Å². The standard InChI is InChI=1S/C9H6F3N3O2/c10-9(11,12)4-1-2-5-6(3-4)14-7(13-5)15-8(16)17/h1-3H,(H,16,17)(H2,13,14,15). The molecule has 0 saturated heterocycles. The van der Waals surface area contributed by atoms with E-state index in [-0.39, 0.29) is 17.0 Å². The molecular formula is C9H6F3N3O2. The summed E-state index contributed by atoms with van der Waals surface area (Å²) in [5, 5.41) is 10.3. The molecule has 0 bridgehead atoms. The lowest BCUT2D eigenvalue weighted by atomic mass is 10.2. The number of fused-ring (bicyclic) bond motifs is 1. The molecule has 8 heteroatoms. The number of aromatic nitrogens is 2. The smallest absolute Gasteiger partial charge is 0.416 e. The predicted octanol–water partition coefficient (Wildman–Crippen LogP) is 2.67. The number of imidazole rings is 1. The minimum Gasteiger partial charge on any atom is -0.465 e. The van der Waals surface area contributed by atoms with Crippen LogP contribution in [0.25, 0.3) is 11.0 Å². The third-order valence-corrected chi connectivity index (χ3v) is 2.03. The number of nitrogens with one attached hydrogen (secondary N) is 2. The summed E-state index contributed by atoms with van der Waals surface area (Å²) in [7, 11) is 0. The first kappa shape index (κ1) is 11.2. The van der Waals surface area contributed by atoms with Crippen molar-refractivity contribution in [3.8, 4) is 0 Å². The number of nitrogens with zero attached hydrogens (tertiary/aromatic N) is 1. The molecule has 0 aliphatic heterocycles. The van der Waals surface area contributed by atoms with Gasteiger partial charge in [0.05, 0.1) is 16.6 Å². The van der Waals surface area contributed by atoms with Crippen molar-refractivity contribution in [1.29, 1.82) is 0 Å². The Morgan fingerprint density at radius 2 is 2.12 bits per heavy atom. The van der Waals surface area contributed by atoms with Gasteiger partial charge in [-0.3, -0.25) is 5.32 Å². The van der Waals surface area contributed by atoms with E-state index < -0.39 is 17.8 Å². The summed E-state index contributed by atoms with van der Waals surface area (Å²) in [6, 6.07) is 2.92. The number of amides is 1. The van der Waals surface area contributed by atoms with Gasteiger partial charge in [-0.1, -0.05) is 0 Å². The molecule has 0 radical (unpaired) electrons. The minimum absolute atomic E-state index is 0.114. The first-order valence-corrected chi connectivity index (χ1v) is 4.43. The van der Waals surface area contributed by atoms with Gasteiger partial charge in [-0.15, -0.1) is 0 Å². The van der Waals surface area contributed by atoms with Gasteiger partial charge in [0.1, 0.15) is 0 Å². The summed E-state index contributed by atoms with van der Waals surface area (Å²) < 4.78 is 37.2. The Bertz CT molecular complexity index is 576. The topological polar surface area (TPSA) is 78.0 Å². The molecule has 1 aromatic carbocycles. The van der Waals surface area contributed by atoms with Gasteiger partial charge >= 0.3 is 12.3 Å². The molecule has 90 valence electrons. The van der Waals surface area contributed by atoms with E-state index in [1.807, 2.05) is 5.32 Å². The van der Waals surface area contributed by atoms with Crippen molar-refractivity contribution >= 4 is 23.1 Å². The fourth-order valence-electron chi connectivity index (χ4n) is 1.35. The van der Waals surface area contributed by atoms with E-state index in [1.165, 1.54) is 6.07 Å². The maximum absolute atomic E-state index is 12.4. The Morgan fingerprint density at radius 3 is 2.71 bits per heavy atom. The van der Waals surface area contributed by atoms with E-state index >= 15 is 0 Å². The molecule has 2 rings (SSSR count). The van der Waals surface area contributed by atoms with Crippen LogP contribution in [0.2, 0.25) is 0 Å². The molecule has 17 heavy (non-hydrogen) atoms. The molecule has 0 aliphatic carbocycles. The molecule has 1 heterocycles. The van der Waals surface area contributed by atoms with Crippen molar-refractivity contribution < 1.29 is 23.1 Å². The molecule has 3 N–H and O–H groups in total. The van der Waals surface area contributed by atoms with E-state index in [2.05, 4.69) is 9.97 Å². The number of hydrogen-bond donors (Lipinski definition) is 3. The van der Waals surface area contributed by atoms with Gasteiger partial charge in [-0.25, -0.2) is 9.78 Å². The Morgan fingerprint density at radius 1 is 1.41 bits per heavy atom. The highest BCUT2D eigenvalue weighted by atomic mass is 19.4. The Balaban J connectivity index is 2.44. The third-order valence-electron chi connectivity index (χ3n) is 2.03. The lowest BCUT2D eigenvalue weighted by molar-refractivity contribution is -0.137. The molecule has 0 saturated carbocycles. The maximum Gasteiger partial charge on any atom is 0.416 e. The van der Waals surface area contributed by atoms with Crippen LogP contribution in [0.3, 0.4) is 0 Å². The number of H-pyrrole nitrogens is 1. The van der Waals surface area contributed by atoms with E-state index in [1.54, 1.807) is 0 Å². The average Bonchev–Trinajstić information content (AvgIpc) is 2.55. The summed E-state index contributed by atoms with van der Waals surface area (Å²) in [5.74, 6) is -0.119. The number of benzene rings is 1. The van der Waals surface area contributed by atoms with E-state index in [4.69, 9.17) is 5.11 Å². The monoisotopic (exact) mass is 245 g/mol. The third kappa shape index (κ3) is 2.30. The molecular weight excluding hydrogens is 239 g/mol. The molecule has 0 fully saturated rings. The first-order valence-electron chi connectivity index (χ1n) is 4.43. The van der Waals surface area contributed by atoms with Crippen LogP contribution in [-0.4, -0.2) is 21.2 Å². The Hall–Kier alpha value is -2.25. The zero-order valence-electron chi connectivity index (χ0n) is 8.17. The number of hydrogen-bond acceptors (Lipinski definition) is 2. The lowest BCUT2D eigenvalue weighted by Crippen LogP contribution is -2.08. The SMILES string of the molecule is O=C(O)Nc1nc2ccc(C(F)(F)F)cc2[nH]1. The zero-order chi connectivity index (χ0) is 12.6. The van der Waals surface area contributed by atoms with Gasteiger partial charge in [0.15, 0.2) is 0 Å². The fourth-order valence-corrected chi connectivity index (χ4v) is 1.35. The van der Waals surface area contributed by atoms with Crippen LogP contribution in [0.15, 0.2) is 18.2 Å². The van der Waals surface area contributed by atoms with Crippen LogP contribution in [-0.2, 0) is 6.18 Å². The molecule has 0 unspecified atom stereocenters. The second-order valence-corrected chi connectivity index (χ2v) is 3.25. The second kappa shape index (κ2) is 3.65. The number of halogens is 3. The summed E-state index contributed by atoms with van der Waals surface area (Å²) in [5.41, 5.74) is -0.458. The number of aromatic amines is 1. The average molecular weight is 245 g/mol. The predicted molar refractivity (Wildman–Crippen MR) is 52.7 cm³/mol. The molecule has 5 nitrogen and oxygen atoms in total. The molecule has 0 aliphatic rings. The van der Waals surface area contributed by atoms with Gasteiger partial charge in [0.25, 0.3) is 0 Å². The number of alkyl halides is 3. The second-order valence-electron chi connectivity index (χ2n) is 3.25. The van der Waals surface area contributed by atoms with Crippen LogP contribution in [0.5, 0.6) is 0 Å². The summed E-state index contributed by atoms with van der Waals surface area (Å²) >= 11 is 0. The number of carboxylic acid groups (broad SMARTS) is 1. The molecule has 2 aromatic rings. The van der Waals surface area contributed by atoms with E-state index in [9.17, 15) is 18.0 Å². The van der Waals surface area contributed by atoms with Gasteiger partial charge in [-0.05, 0) is 18.2 Å². The quantitative estimate of drug-likeness (QED) is 0.722. The molecule has 0 atom stereocenters. The van der Waals surface area contributed by atoms with Crippen molar-refractivity contribution in [2.24, 2.45) is 0 Å². The summed E-state index contributed by atoms with van der Waals surface area (Å²) in [4.78, 5) is 16.5. The van der Waals surface area contributed by atoms with Crippen LogP contribution in [0.1, 0.15) is 5.56 Å². The van der Waals surface area contributed by atoms with E-state index in [0.717, 1.165) is 12.1 Å². The van der Waals surface area contributed by atoms with Crippen molar-refractivity contribution in [3.63, 3.8) is 0 Å². The first-order chi connectivity index (χ1) is 7.86. The molecule has 1 amide bonds. The summed E-state index contributed by atoms with van der Waals surface area (Å²) in [6.45, 7) is 0. The van der Waals surface area contributed by atoms with Gasteiger partial charge in [0, 0.05) is 0 Å². The summed E-state index contributed by atoms with van der Waals surface area (Å²) in [6.07, 6.45) is -5.79. The number of rotatable bonds is 1. The largest absolute Gasteiger partial charge is 0.465 e. The fraction of sp³-hybridized carbons (Fsp3) is 0.111. The number of anilines is 1. The highest BCUT2D eigenvalue weighted by molar-refractivity contribution is 5.85. The van der Waals surface area contributed by atoms with Crippen molar-refractivity contribution in [1.82, 2.24) is 9.97 Å². The van der Waals surface area contributed by atoms with Crippen molar-refractivity contribution in [2.75, 3.05) is 5.32 Å². The van der Waals surface area contributed by atoms with Crippen LogP contribution >= 0.6 is 0 Å². The van der Waals surface area contributed by atoms with Crippen molar-refractivity contribution in [2.45, 2.75) is 6.18 Å². The normalized spacial score (nSPS) is 11.7. The van der Waals surface area contributed by atoms with Gasteiger partial charge < -0.3 is 10.1 Å². The van der Waals surface area contributed by atoms with E-state index in [0.29, 0.717) is 0 Å². The van der Waals surface area contributed by atoms with Gasteiger partial charge in [0.2, 0.25) is 5.95 Å². The van der Waals surface area contributed by atoms with Crippen LogP contribution < -0.4 is 5.32 Å². The Kier molecular flexibility index (Phi) is 2.41. The highest BCUT2D eigenvalue weighted by Crippen LogP contribution is 2.31. The van der Waals surface area contributed by atoms with Crippen LogP contribution in [0.4, 0.5) is 23.9 Å². The minimum atomic E-state index is -4.44. The number of carbonyl (C=O) groups is 1. The lowest BCUT2D eigenvalue weighted by Gasteiger charge is -2.04. The maximum atomic E-state index is 12.4. The van der Waals surface area contributed by atoms with Crippen LogP contribution in [0, 0.1) is 0 Å². The zero-order valence-corrected chi connectivity index (χ0v) is 8.17. The van der Waals surface area contributed by atoms with Crippen molar-refractivity contribution in [3.05, 3.63) is 23.8 Å². The molecule has 0 spiro atoms. The van der Waals surface area contributed by atoms with Gasteiger partial charge in [-0.2, -0.15) is 13.2 Å². The molecule has 1 aromatic heterocycles. The highest BCUT2D eigenvalue weighted by Gasteiger charge is 2.30.